The SMILES string of the molecule is CCOc1ccc(NC(=O)c2cccc(F)c2F)cc1Cl. The molecule has 0 aromatic heterocycles. The second-order valence-electron chi connectivity index (χ2n) is 4.13. The zero-order valence-electron chi connectivity index (χ0n) is 11.1. The fourth-order valence-electron chi connectivity index (χ4n) is 1.73. The lowest BCUT2D eigenvalue weighted by molar-refractivity contribution is 0.102. The van der Waals surface area contributed by atoms with Gasteiger partial charge in [0, 0.05) is 5.69 Å². The van der Waals surface area contributed by atoms with E-state index < -0.39 is 17.5 Å². The first-order valence-electron chi connectivity index (χ1n) is 6.20. The zero-order valence-corrected chi connectivity index (χ0v) is 11.9. The van der Waals surface area contributed by atoms with Crippen molar-refractivity contribution in [3.63, 3.8) is 0 Å². The topological polar surface area (TPSA) is 38.3 Å². The zero-order chi connectivity index (χ0) is 15.4. The van der Waals surface area contributed by atoms with Crippen molar-refractivity contribution < 1.29 is 18.3 Å². The summed E-state index contributed by atoms with van der Waals surface area (Å²) in [6.45, 7) is 2.28. The average Bonchev–Trinajstić information content (AvgIpc) is 2.45. The Bertz CT molecular complexity index is 677. The summed E-state index contributed by atoms with van der Waals surface area (Å²) in [6.07, 6.45) is 0. The first kappa shape index (κ1) is 15.3. The van der Waals surface area contributed by atoms with E-state index in [0.29, 0.717) is 23.1 Å². The quantitative estimate of drug-likeness (QED) is 0.915. The van der Waals surface area contributed by atoms with E-state index in [2.05, 4.69) is 5.32 Å². The van der Waals surface area contributed by atoms with Gasteiger partial charge in [0.1, 0.15) is 5.75 Å². The Morgan fingerprint density at radius 2 is 2.05 bits per heavy atom. The lowest BCUT2D eigenvalue weighted by Gasteiger charge is -2.09. The summed E-state index contributed by atoms with van der Waals surface area (Å²) in [5.41, 5.74) is -0.0166. The van der Waals surface area contributed by atoms with Gasteiger partial charge in [-0.05, 0) is 37.3 Å². The third kappa shape index (κ3) is 3.49. The monoisotopic (exact) mass is 311 g/mol. The number of rotatable bonds is 4. The first-order valence-corrected chi connectivity index (χ1v) is 6.58. The molecule has 0 heterocycles. The molecule has 0 radical (unpaired) electrons. The van der Waals surface area contributed by atoms with Crippen LogP contribution in [0.5, 0.6) is 5.75 Å². The molecule has 0 spiro atoms. The minimum atomic E-state index is -1.19. The maximum absolute atomic E-state index is 13.5. The average molecular weight is 312 g/mol. The highest BCUT2D eigenvalue weighted by atomic mass is 35.5. The number of nitrogens with one attached hydrogen (secondary N) is 1. The molecule has 3 nitrogen and oxygen atoms in total. The summed E-state index contributed by atoms with van der Waals surface area (Å²) in [4.78, 5) is 11.9. The summed E-state index contributed by atoms with van der Waals surface area (Å²) in [7, 11) is 0. The molecule has 0 aliphatic rings. The number of anilines is 1. The molecule has 110 valence electrons. The Morgan fingerprint density at radius 1 is 1.29 bits per heavy atom. The molecule has 2 aromatic rings. The summed E-state index contributed by atoms with van der Waals surface area (Å²) in [5.74, 6) is -2.54. The van der Waals surface area contributed by atoms with Crippen molar-refractivity contribution in [2.75, 3.05) is 11.9 Å². The summed E-state index contributed by atoms with van der Waals surface area (Å²) < 4.78 is 31.9. The molecule has 6 heteroatoms. The first-order chi connectivity index (χ1) is 10.0. The number of halogens is 3. The smallest absolute Gasteiger partial charge is 0.258 e. The molecule has 0 saturated carbocycles. The van der Waals surface area contributed by atoms with Crippen LogP contribution in [0.4, 0.5) is 14.5 Å². The van der Waals surface area contributed by atoms with Crippen LogP contribution in [0.1, 0.15) is 17.3 Å². The number of carbonyl (C=O) groups excluding carboxylic acids is 1. The molecule has 1 amide bonds. The van der Waals surface area contributed by atoms with E-state index in [9.17, 15) is 13.6 Å². The van der Waals surface area contributed by atoms with E-state index in [-0.39, 0.29) is 5.56 Å². The van der Waals surface area contributed by atoms with Gasteiger partial charge in [0.15, 0.2) is 11.6 Å². The van der Waals surface area contributed by atoms with Crippen LogP contribution in [0.2, 0.25) is 5.02 Å². The standard InChI is InChI=1S/C15H12ClF2NO2/c1-2-21-13-7-6-9(8-11(13)16)19-15(20)10-4-3-5-12(17)14(10)18/h3-8H,2H2,1H3,(H,19,20). The largest absolute Gasteiger partial charge is 0.492 e. The fraction of sp³-hybridized carbons (Fsp3) is 0.133. The summed E-state index contributed by atoms with van der Waals surface area (Å²) >= 11 is 5.98. The number of hydrogen-bond acceptors (Lipinski definition) is 2. The van der Waals surface area contributed by atoms with Crippen LogP contribution in [0.3, 0.4) is 0 Å². The van der Waals surface area contributed by atoms with Gasteiger partial charge < -0.3 is 10.1 Å². The maximum atomic E-state index is 13.5. The van der Waals surface area contributed by atoms with Crippen LogP contribution >= 0.6 is 11.6 Å². The molecule has 0 aliphatic carbocycles. The highest BCUT2D eigenvalue weighted by Gasteiger charge is 2.15. The molecule has 0 aliphatic heterocycles. The fourth-order valence-corrected chi connectivity index (χ4v) is 1.96. The molecule has 0 atom stereocenters. The van der Waals surface area contributed by atoms with E-state index in [1.807, 2.05) is 6.92 Å². The second kappa shape index (κ2) is 6.54. The van der Waals surface area contributed by atoms with Gasteiger partial charge in [-0.25, -0.2) is 8.78 Å². The summed E-state index contributed by atoms with van der Waals surface area (Å²) in [5, 5.41) is 2.77. The van der Waals surface area contributed by atoms with Gasteiger partial charge in [-0.15, -0.1) is 0 Å². The normalized spacial score (nSPS) is 10.3. The van der Waals surface area contributed by atoms with Crippen molar-refractivity contribution in [3.05, 3.63) is 58.6 Å². The van der Waals surface area contributed by atoms with E-state index in [1.54, 1.807) is 12.1 Å². The molecule has 1 N–H and O–H groups in total. The third-order valence-electron chi connectivity index (χ3n) is 2.69. The highest BCUT2D eigenvalue weighted by Crippen LogP contribution is 2.28. The molecule has 2 aromatic carbocycles. The van der Waals surface area contributed by atoms with Crippen LogP contribution in [0.25, 0.3) is 0 Å². The van der Waals surface area contributed by atoms with Crippen molar-refractivity contribution in [1.82, 2.24) is 0 Å². The molecular formula is C15H12ClF2NO2. The van der Waals surface area contributed by atoms with E-state index >= 15 is 0 Å². The Kier molecular flexibility index (Phi) is 4.75. The van der Waals surface area contributed by atoms with Crippen LogP contribution in [0, 0.1) is 11.6 Å². The van der Waals surface area contributed by atoms with Gasteiger partial charge >= 0.3 is 0 Å². The van der Waals surface area contributed by atoms with Gasteiger partial charge in [-0.1, -0.05) is 17.7 Å². The minimum Gasteiger partial charge on any atom is -0.492 e. The Labute approximate surface area is 125 Å². The predicted octanol–water partition coefficient (Wildman–Crippen LogP) is 4.27. The number of benzene rings is 2. The van der Waals surface area contributed by atoms with E-state index in [4.69, 9.17) is 16.3 Å². The van der Waals surface area contributed by atoms with E-state index in [1.165, 1.54) is 18.2 Å². The van der Waals surface area contributed by atoms with Crippen molar-refractivity contribution >= 4 is 23.2 Å². The van der Waals surface area contributed by atoms with Crippen LogP contribution in [-0.2, 0) is 0 Å². The summed E-state index contributed by atoms with van der Waals surface area (Å²) in [6, 6.07) is 8.03. The number of carbonyl (C=O) groups is 1. The van der Waals surface area contributed by atoms with Crippen LogP contribution < -0.4 is 10.1 Å². The van der Waals surface area contributed by atoms with Crippen molar-refractivity contribution in [3.8, 4) is 5.75 Å². The minimum absolute atomic E-state index is 0.314. The van der Waals surface area contributed by atoms with E-state index in [0.717, 1.165) is 6.07 Å². The number of amides is 1. The van der Waals surface area contributed by atoms with Crippen molar-refractivity contribution in [2.24, 2.45) is 0 Å². The van der Waals surface area contributed by atoms with Gasteiger partial charge in [-0.2, -0.15) is 0 Å². The highest BCUT2D eigenvalue weighted by molar-refractivity contribution is 6.32. The molecule has 0 bridgehead atoms. The molecule has 2 rings (SSSR count). The molecule has 0 unspecified atom stereocenters. The maximum Gasteiger partial charge on any atom is 0.258 e. The molecule has 0 saturated heterocycles. The Hall–Kier alpha value is -2.14. The lowest BCUT2D eigenvalue weighted by atomic mass is 10.2. The van der Waals surface area contributed by atoms with Crippen molar-refractivity contribution in [1.29, 1.82) is 0 Å². The van der Waals surface area contributed by atoms with Crippen molar-refractivity contribution in [2.45, 2.75) is 6.92 Å². The second-order valence-corrected chi connectivity index (χ2v) is 4.54. The Morgan fingerprint density at radius 3 is 2.71 bits per heavy atom. The number of ether oxygens (including phenoxy) is 1. The molecular weight excluding hydrogens is 300 g/mol. The molecule has 0 fully saturated rings. The predicted molar refractivity (Wildman–Crippen MR) is 76.9 cm³/mol. The van der Waals surface area contributed by atoms with Gasteiger partial charge in [0.2, 0.25) is 0 Å². The van der Waals surface area contributed by atoms with Crippen LogP contribution in [-0.4, -0.2) is 12.5 Å². The number of hydrogen-bond donors (Lipinski definition) is 1. The van der Waals surface area contributed by atoms with Gasteiger partial charge in [-0.3, -0.25) is 4.79 Å². The van der Waals surface area contributed by atoms with Gasteiger partial charge in [0.05, 0.1) is 17.2 Å². The lowest BCUT2D eigenvalue weighted by Crippen LogP contribution is -2.14. The van der Waals surface area contributed by atoms with Crippen LogP contribution in [0.15, 0.2) is 36.4 Å². The molecule has 21 heavy (non-hydrogen) atoms. The Balaban J connectivity index is 2.20. The van der Waals surface area contributed by atoms with Gasteiger partial charge in [0.25, 0.3) is 5.91 Å². The third-order valence-corrected chi connectivity index (χ3v) is 2.98.